The number of nitrogens with zero attached hydrogens (tertiary/aromatic N) is 3. The molecule has 0 bridgehead atoms. The molecular formula is C30H46N4O2S2. The van der Waals surface area contributed by atoms with Crippen LogP contribution in [0.25, 0.3) is 4.72 Å². The Morgan fingerprint density at radius 3 is 1.82 bits per heavy atom. The molecule has 3 rings (SSSR count). The SMILES string of the molecule is CCCCCCCCCCCCCCCC[n+]1ccccc1.Nc1ccc(S(=O)(=O)[N-]c2nccs2)cc1. The van der Waals surface area contributed by atoms with Crippen molar-refractivity contribution in [1.82, 2.24) is 4.98 Å². The quantitative estimate of drug-likeness (QED) is 0.0961. The summed E-state index contributed by atoms with van der Waals surface area (Å²) >= 11 is 1.17. The van der Waals surface area contributed by atoms with Gasteiger partial charge in [-0.1, -0.05) is 96.2 Å². The average molecular weight is 559 g/mol. The van der Waals surface area contributed by atoms with E-state index in [1.54, 1.807) is 5.38 Å². The first-order chi connectivity index (χ1) is 18.5. The maximum Gasteiger partial charge on any atom is 0.202 e. The number of anilines is 1. The molecule has 0 atom stereocenters. The molecule has 0 aliphatic heterocycles. The maximum atomic E-state index is 11.8. The maximum absolute atomic E-state index is 11.8. The molecule has 0 aliphatic carbocycles. The van der Waals surface area contributed by atoms with Gasteiger partial charge in [-0.3, -0.25) is 0 Å². The zero-order valence-corrected chi connectivity index (χ0v) is 24.6. The van der Waals surface area contributed by atoms with Crippen molar-refractivity contribution in [3.05, 3.63) is 71.2 Å². The standard InChI is InChI=1S/C21H38N.C9H8N3O2S2/c1-2-3-4-5-6-7-8-9-10-11-12-13-14-16-19-22-20-17-15-18-21-22;10-7-1-3-8(4-2-7)16(13,14)12-9-11-5-6-15-9/h15,17-18,20-21H,2-14,16,19H2,1H3;1-6H,10H2/q+1;-1. The van der Waals surface area contributed by atoms with Gasteiger partial charge in [0.2, 0.25) is 10.0 Å². The van der Waals surface area contributed by atoms with E-state index >= 15 is 0 Å². The molecule has 0 saturated heterocycles. The number of unbranched alkanes of at least 4 members (excludes halogenated alkanes) is 13. The van der Waals surface area contributed by atoms with Crippen LogP contribution in [0.15, 0.2) is 71.3 Å². The summed E-state index contributed by atoms with van der Waals surface area (Å²) in [5.41, 5.74) is 5.98. The summed E-state index contributed by atoms with van der Waals surface area (Å²) in [6, 6.07) is 12.2. The van der Waals surface area contributed by atoms with Crippen LogP contribution >= 0.6 is 11.3 Å². The van der Waals surface area contributed by atoms with E-state index in [1.807, 2.05) is 0 Å². The second-order valence-corrected chi connectivity index (χ2v) is 12.1. The Hall–Kier alpha value is -2.45. The smallest absolute Gasteiger partial charge is 0.202 e. The predicted octanol–water partition coefficient (Wildman–Crippen LogP) is 8.57. The number of pyridine rings is 1. The molecule has 2 N–H and O–H groups in total. The zero-order valence-electron chi connectivity index (χ0n) is 23.0. The van der Waals surface area contributed by atoms with Gasteiger partial charge in [-0.05, 0) is 36.1 Å². The molecule has 210 valence electrons. The van der Waals surface area contributed by atoms with Gasteiger partial charge in [0.05, 0.1) is 4.90 Å². The molecule has 2 heterocycles. The highest BCUT2D eigenvalue weighted by molar-refractivity contribution is 7.94. The fraction of sp³-hybridized carbons (Fsp3) is 0.533. The Balaban J connectivity index is 0.000000279. The van der Waals surface area contributed by atoms with Crippen LogP contribution in [0.4, 0.5) is 10.8 Å². The highest BCUT2D eigenvalue weighted by Gasteiger charge is 2.09. The van der Waals surface area contributed by atoms with Crippen molar-refractivity contribution in [2.75, 3.05) is 5.73 Å². The molecular weight excluding hydrogens is 512 g/mol. The molecule has 1 aromatic carbocycles. The van der Waals surface area contributed by atoms with E-state index in [4.69, 9.17) is 5.73 Å². The van der Waals surface area contributed by atoms with Crippen LogP contribution in [-0.2, 0) is 16.6 Å². The highest BCUT2D eigenvalue weighted by atomic mass is 32.2. The number of aromatic nitrogens is 2. The van der Waals surface area contributed by atoms with Gasteiger partial charge in [0.25, 0.3) is 0 Å². The van der Waals surface area contributed by atoms with Crippen molar-refractivity contribution >= 4 is 32.2 Å². The third kappa shape index (κ3) is 14.5. The molecule has 0 unspecified atom stereocenters. The van der Waals surface area contributed by atoms with Gasteiger partial charge in [-0.2, -0.15) is 11.3 Å². The minimum atomic E-state index is -3.68. The Bertz CT molecular complexity index is 1060. The first-order valence-corrected chi connectivity index (χ1v) is 16.5. The summed E-state index contributed by atoms with van der Waals surface area (Å²) in [7, 11) is -3.68. The van der Waals surface area contributed by atoms with Crippen LogP contribution in [0, 0.1) is 0 Å². The fourth-order valence-electron chi connectivity index (χ4n) is 4.13. The molecule has 8 heteroatoms. The second-order valence-electron chi connectivity index (χ2n) is 9.66. The van der Waals surface area contributed by atoms with Gasteiger partial charge >= 0.3 is 0 Å². The average Bonchev–Trinajstić information content (AvgIpc) is 3.42. The van der Waals surface area contributed by atoms with Crippen LogP contribution in [-0.4, -0.2) is 13.4 Å². The van der Waals surface area contributed by atoms with Crippen LogP contribution in [0.1, 0.15) is 96.8 Å². The second kappa shape index (κ2) is 19.6. The number of aryl methyl sites for hydroxylation is 1. The lowest BCUT2D eigenvalue weighted by Crippen LogP contribution is -2.32. The molecule has 0 radical (unpaired) electrons. The molecule has 2 aromatic heterocycles. The Morgan fingerprint density at radius 1 is 0.789 bits per heavy atom. The predicted molar refractivity (Wildman–Crippen MR) is 160 cm³/mol. The Kier molecular flexibility index (Phi) is 16.4. The summed E-state index contributed by atoms with van der Waals surface area (Å²) < 4.78 is 29.4. The third-order valence-electron chi connectivity index (χ3n) is 6.34. The lowest BCUT2D eigenvalue weighted by Gasteiger charge is -2.11. The number of rotatable bonds is 18. The van der Waals surface area contributed by atoms with E-state index in [0.29, 0.717) is 5.69 Å². The van der Waals surface area contributed by atoms with Gasteiger partial charge in [0, 0.05) is 29.4 Å². The zero-order chi connectivity index (χ0) is 27.3. The van der Waals surface area contributed by atoms with Gasteiger partial charge in [-0.25, -0.2) is 13.0 Å². The molecule has 0 fully saturated rings. The molecule has 6 nitrogen and oxygen atoms in total. The lowest BCUT2D eigenvalue weighted by atomic mass is 10.0. The van der Waals surface area contributed by atoms with Crippen molar-refractivity contribution in [2.24, 2.45) is 0 Å². The van der Waals surface area contributed by atoms with E-state index in [1.165, 1.54) is 138 Å². The molecule has 38 heavy (non-hydrogen) atoms. The van der Waals surface area contributed by atoms with Gasteiger partial charge < -0.3 is 15.4 Å². The summed E-state index contributed by atoms with van der Waals surface area (Å²) in [6.07, 6.45) is 25.9. The van der Waals surface area contributed by atoms with E-state index < -0.39 is 10.0 Å². The molecule has 0 saturated carbocycles. The topological polar surface area (TPSA) is 91.0 Å². The van der Waals surface area contributed by atoms with Crippen molar-refractivity contribution in [3.63, 3.8) is 0 Å². The van der Waals surface area contributed by atoms with Crippen LogP contribution in [0.2, 0.25) is 0 Å². The molecule has 0 aliphatic rings. The summed E-state index contributed by atoms with van der Waals surface area (Å²) in [5.74, 6) is 0. The summed E-state index contributed by atoms with van der Waals surface area (Å²) in [4.78, 5) is 3.90. The van der Waals surface area contributed by atoms with Gasteiger partial charge in [0.15, 0.2) is 12.4 Å². The van der Waals surface area contributed by atoms with Crippen LogP contribution < -0.4 is 10.3 Å². The van der Waals surface area contributed by atoms with Crippen molar-refractivity contribution in [2.45, 2.75) is 108 Å². The highest BCUT2D eigenvalue weighted by Crippen LogP contribution is 2.29. The first kappa shape index (κ1) is 31.8. The van der Waals surface area contributed by atoms with Crippen LogP contribution in [0.5, 0.6) is 0 Å². The summed E-state index contributed by atoms with van der Waals surface area (Å²) in [6.45, 7) is 3.47. The molecule has 3 aromatic rings. The number of hydrogen-bond donors (Lipinski definition) is 1. The first-order valence-electron chi connectivity index (χ1n) is 14.2. The van der Waals surface area contributed by atoms with Crippen molar-refractivity contribution < 1.29 is 13.0 Å². The monoisotopic (exact) mass is 558 g/mol. The van der Waals surface area contributed by atoms with E-state index in [-0.39, 0.29) is 10.0 Å². The number of thiazole rings is 1. The van der Waals surface area contributed by atoms with E-state index in [9.17, 15) is 8.42 Å². The Labute approximate surface area is 234 Å². The number of nitrogen functional groups attached to an aromatic ring is 1. The minimum absolute atomic E-state index is 0.108. The fourth-order valence-corrected chi connectivity index (χ4v) is 5.80. The molecule has 0 amide bonds. The largest absolute Gasteiger partial charge is 0.433 e. The normalized spacial score (nSPS) is 11.1. The number of hydrogen-bond acceptors (Lipinski definition) is 5. The van der Waals surface area contributed by atoms with E-state index in [0.717, 1.165) is 0 Å². The lowest BCUT2D eigenvalue weighted by molar-refractivity contribution is -0.697. The van der Waals surface area contributed by atoms with Gasteiger partial charge in [-0.15, -0.1) is 0 Å². The third-order valence-corrected chi connectivity index (χ3v) is 8.40. The molecule has 0 spiro atoms. The number of sulfonamides is 1. The number of nitrogens with two attached hydrogens (primary N) is 1. The number of benzene rings is 1. The van der Waals surface area contributed by atoms with Crippen molar-refractivity contribution in [1.29, 1.82) is 0 Å². The van der Waals surface area contributed by atoms with E-state index in [2.05, 4.69) is 51.8 Å². The van der Waals surface area contributed by atoms with Crippen molar-refractivity contribution in [3.8, 4) is 0 Å². The minimum Gasteiger partial charge on any atom is -0.433 e. The van der Waals surface area contributed by atoms with Gasteiger partial charge in [0.1, 0.15) is 6.54 Å². The van der Waals surface area contributed by atoms with Crippen LogP contribution in [0.3, 0.4) is 0 Å². The summed E-state index contributed by atoms with van der Waals surface area (Å²) in [5, 5.41) is 1.88. The Morgan fingerprint density at radius 2 is 1.32 bits per heavy atom.